The number of imide groups is 2. The molecule has 0 radical (unpaired) electrons. The lowest BCUT2D eigenvalue weighted by Gasteiger charge is -2.36. The lowest BCUT2D eigenvalue weighted by Crippen LogP contribution is -2.54. The molecule has 3 N–H and O–H groups in total. The van der Waals surface area contributed by atoms with Gasteiger partial charge in [0.05, 0.1) is 34.5 Å². The van der Waals surface area contributed by atoms with Crippen molar-refractivity contribution in [1.82, 2.24) is 29.9 Å². The number of rotatable bonds is 12. The Bertz CT molecular complexity index is 2380. The van der Waals surface area contributed by atoms with Crippen LogP contribution < -0.4 is 20.7 Å². The fraction of sp³-hybridized carbons (Fsp3) is 0.477. The maximum Gasteiger partial charge on any atom is 0.433 e. The number of carbonyl (C=O) groups is 5. The predicted octanol–water partition coefficient (Wildman–Crippen LogP) is 6.59. The van der Waals surface area contributed by atoms with Crippen molar-refractivity contribution < 1.29 is 41.9 Å². The van der Waals surface area contributed by atoms with Crippen LogP contribution in [0.15, 0.2) is 54.7 Å². The molecular formula is C44H47F3N8O6. The van der Waals surface area contributed by atoms with Crippen LogP contribution >= 0.6 is 0 Å². The summed E-state index contributed by atoms with van der Waals surface area (Å²) >= 11 is 0. The monoisotopic (exact) mass is 840 g/mol. The second kappa shape index (κ2) is 16.6. The van der Waals surface area contributed by atoms with Crippen LogP contribution in [0, 0.1) is 11.8 Å². The molecule has 2 aromatic heterocycles. The van der Waals surface area contributed by atoms with Gasteiger partial charge in [0.1, 0.15) is 23.2 Å². The van der Waals surface area contributed by atoms with E-state index < -0.39 is 47.4 Å². The number of amides is 5. The number of hydrogen-bond donors (Lipinski definition) is 3. The molecule has 14 nitrogen and oxygen atoms in total. The molecule has 1 unspecified atom stereocenters. The van der Waals surface area contributed by atoms with Crippen molar-refractivity contribution in [2.45, 2.75) is 95.0 Å². The van der Waals surface area contributed by atoms with Crippen molar-refractivity contribution in [1.29, 1.82) is 0 Å². The van der Waals surface area contributed by atoms with Gasteiger partial charge in [-0.05, 0) is 119 Å². The summed E-state index contributed by atoms with van der Waals surface area (Å²) in [6, 6.07) is 11.2. The lowest BCUT2D eigenvalue weighted by atomic mass is 9.85. The first-order valence-electron chi connectivity index (χ1n) is 21.2. The summed E-state index contributed by atoms with van der Waals surface area (Å²) in [5.41, 5.74) is 0.737. The third-order valence-electron chi connectivity index (χ3n) is 12.7. The van der Waals surface area contributed by atoms with Crippen LogP contribution in [0.25, 0.3) is 10.9 Å². The Morgan fingerprint density at radius 3 is 2.38 bits per heavy atom. The zero-order valence-corrected chi connectivity index (χ0v) is 33.5. The van der Waals surface area contributed by atoms with E-state index >= 15 is 0 Å². The fourth-order valence-corrected chi connectivity index (χ4v) is 9.21. The van der Waals surface area contributed by atoms with Gasteiger partial charge in [-0.25, -0.2) is 4.98 Å². The van der Waals surface area contributed by atoms with Gasteiger partial charge in [0.2, 0.25) is 11.8 Å². The number of carbonyl (C=O) groups excluding carboxylic acids is 5. The Labute approximate surface area is 349 Å². The summed E-state index contributed by atoms with van der Waals surface area (Å²) in [4.78, 5) is 70.9. The molecule has 5 aliphatic rings. The first-order valence-corrected chi connectivity index (χ1v) is 21.2. The maximum absolute atomic E-state index is 13.4. The number of hydrogen-bond acceptors (Lipinski definition) is 10. The van der Waals surface area contributed by atoms with E-state index in [0.717, 1.165) is 105 Å². The van der Waals surface area contributed by atoms with E-state index in [1.165, 1.54) is 6.07 Å². The zero-order valence-electron chi connectivity index (χ0n) is 33.5. The van der Waals surface area contributed by atoms with Gasteiger partial charge in [0, 0.05) is 42.8 Å². The van der Waals surface area contributed by atoms with Gasteiger partial charge >= 0.3 is 6.18 Å². The van der Waals surface area contributed by atoms with E-state index in [-0.39, 0.29) is 41.8 Å². The van der Waals surface area contributed by atoms with E-state index in [1.54, 1.807) is 30.3 Å². The Hall–Kier alpha value is -5.84. The summed E-state index contributed by atoms with van der Waals surface area (Å²) in [6.45, 7) is 3.76. The molecule has 2 saturated carbocycles. The van der Waals surface area contributed by atoms with Crippen LogP contribution in [-0.2, 0) is 15.8 Å². The van der Waals surface area contributed by atoms with E-state index in [4.69, 9.17) is 9.84 Å². The average Bonchev–Trinajstić information content (AvgIpc) is 3.91. The molecule has 61 heavy (non-hydrogen) atoms. The number of nitrogens with one attached hydrogen (secondary N) is 3. The molecule has 1 atom stereocenters. The van der Waals surface area contributed by atoms with Gasteiger partial charge in [0.25, 0.3) is 17.7 Å². The van der Waals surface area contributed by atoms with E-state index in [9.17, 15) is 37.1 Å². The maximum atomic E-state index is 13.4. The number of nitrogens with zero attached hydrogens (tertiary/aromatic N) is 5. The number of piperidine rings is 2. The van der Waals surface area contributed by atoms with Gasteiger partial charge in [-0.15, -0.1) is 0 Å². The number of likely N-dealkylation sites (tertiary alicyclic amines) is 1. The molecule has 2 aromatic carbocycles. The molecule has 17 heteroatoms. The number of aromatic nitrogens is 3. The molecule has 4 fully saturated rings. The van der Waals surface area contributed by atoms with E-state index in [2.05, 4.69) is 25.8 Å². The van der Waals surface area contributed by atoms with Crippen molar-refractivity contribution >= 4 is 51.8 Å². The predicted molar refractivity (Wildman–Crippen MR) is 217 cm³/mol. The van der Waals surface area contributed by atoms with Crippen LogP contribution in [-0.4, -0.2) is 92.4 Å². The van der Waals surface area contributed by atoms with Gasteiger partial charge in [0.15, 0.2) is 0 Å². The summed E-state index contributed by atoms with van der Waals surface area (Å²) in [5.74, 6) is -1.27. The van der Waals surface area contributed by atoms with Crippen LogP contribution in [0.4, 0.5) is 24.5 Å². The molecule has 2 saturated heterocycles. The highest BCUT2D eigenvalue weighted by Crippen LogP contribution is 2.39. The average molecular weight is 841 g/mol. The van der Waals surface area contributed by atoms with Crippen LogP contribution in [0.1, 0.15) is 114 Å². The SMILES string of the molecule is O=C1CCC(N2C(=O)c3cccc(NCCC4CCN(CC5CCC(n6cc7cc(NC(=O)c8cccc(C(F)(F)F)n8)c(OC8CC8)cc7n6)CC5)CC4)c3C2=O)C(=O)N1. The number of ether oxygens (including phenoxy) is 1. The van der Waals surface area contributed by atoms with Crippen LogP contribution in [0.3, 0.4) is 0 Å². The van der Waals surface area contributed by atoms with Gasteiger partial charge in [-0.1, -0.05) is 12.1 Å². The topological polar surface area (TPSA) is 168 Å². The molecule has 4 aromatic rings. The molecule has 9 rings (SSSR count). The minimum atomic E-state index is -4.67. The van der Waals surface area contributed by atoms with Gasteiger partial charge < -0.3 is 20.3 Å². The summed E-state index contributed by atoms with van der Waals surface area (Å²) in [7, 11) is 0. The number of benzene rings is 2. The van der Waals surface area contributed by atoms with Gasteiger partial charge in [-0.3, -0.25) is 38.9 Å². The first-order chi connectivity index (χ1) is 29.4. The number of halogens is 3. The number of pyridine rings is 1. The van der Waals surface area contributed by atoms with E-state index in [0.29, 0.717) is 35.5 Å². The first kappa shape index (κ1) is 40.6. The third-order valence-corrected chi connectivity index (χ3v) is 12.7. The highest BCUT2D eigenvalue weighted by molar-refractivity contribution is 6.25. The normalized spacial score (nSPS) is 22.7. The third kappa shape index (κ3) is 8.70. The summed E-state index contributed by atoms with van der Waals surface area (Å²) in [6.07, 6.45) is 6.49. The van der Waals surface area contributed by atoms with E-state index in [1.807, 2.05) is 10.9 Å². The molecule has 320 valence electrons. The molecule has 0 bridgehead atoms. The van der Waals surface area contributed by atoms with Crippen molar-refractivity contribution in [3.63, 3.8) is 0 Å². The Kier molecular flexibility index (Phi) is 11.0. The number of anilines is 2. The quantitative estimate of drug-likeness (QED) is 0.133. The largest absolute Gasteiger partial charge is 0.488 e. The lowest BCUT2D eigenvalue weighted by molar-refractivity contribution is -0.141. The molecule has 0 spiro atoms. The minimum absolute atomic E-state index is 0.0193. The van der Waals surface area contributed by atoms with Crippen LogP contribution in [0.5, 0.6) is 5.75 Å². The number of alkyl halides is 3. The summed E-state index contributed by atoms with van der Waals surface area (Å²) < 4.78 is 47.9. The van der Waals surface area contributed by atoms with Crippen molar-refractivity contribution in [2.24, 2.45) is 11.8 Å². The van der Waals surface area contributed by atoms with Gasteiger partial charge in [-0.2, -0.15) is 18.3 Å². The smallest absolute Gasteiger partial charge is 0.433 e. The Balaban J connectivity index is 0.746. The van der Waals surface area contributed by atoms with Crippen LogP contribution in [0.2, 0.25) is 0 Å². The Morgan fingerprint density at radius 2 is 1.64 bits per heavy atom. The van der Waals surface area contributed by atoms with Crippen molar-refractivity contribution in [2.75, 3.05) is 36.8 Å². The number of fused-ring (bicyclic) bond motifs is 2. The molecular weight excluding hydrogens is 794 g/mol. The van der Waals surface area contributed by atoms with Crippen molar-refractivity contribution in [3.05, 3.63) is 77.2 Å². The molecule has 2 aliphatic carbocycles. The highest BCUT2D eigenvalue weighted by atomic mass is 19.4. The zero-order chi connectivity index (χ0) is 42.4. The standard InChI is InChI=1S/C44H47F3N8O6/c45-44(46,47)37-6-2-5-32(49-37)40(57)50-34-21-27-24-54(52-33(27)22-36(34)61-29-11-12-29)28-9-7-26(8-10-28)23-53-19-16-25(17-20-53)15-18-48-31-4-1-3-30-39(31)43(60)55(42(30)59)35-13-14-38(56)51-41(35)58/h1-6,21-22,24-26,28-29,35,48H,7-20,23H2,(H,50,57)(H,51,56,58). The fourth-order valence-electron chi connectivity index (χ4n) is 9.21. The Morgan fingerprint density at radius 1 is 0.869 bits per heavy atom. The second-order valence-electron chi connectivity index (χ2n) is 17.0. The molecule has 5 amide bonds. The molecule has 3 aliphatic heterocycles. The second-order valence-corrected chi connectivity index (χ2v) is 17.0. The molecule has 5 heterocycles. The summed E-state index contributed by atoms with van der Waals surface area (Å²) in [5, 5.41) is 14.1. The van der Waals surface area contributed by atoms with Crippen molar-refractivity contribution in [3.8, 4) is 5.75 Å². The highest BCUT2D eigenvalue weighted by Gasteiger charge is 2.45. The minimum Gasteiger partial charge on any atom is -0.488 e.